The van der Waals surface area contributed by atoms with Gasteiger partial charge in [0.2, 0.25) is 0 Å². The quantitative estimate of drug-likeness (QED) is 0.470. The van der Waals surface area contributed by atoms with Crippen LogP contribution >= 0.6 is 11.6 Å². The standard InChI is InChI=1S/C10H13ClN2O4S/c1-7(5-11)6-18(16,17)10-4-3-9(13(14)15)8(2)12-10/h3-4,7H,5-6H2,1-2H3. The highest BCUT2D eigenvalue weighted by Crippen LogP contribution is 2.20. The smallest absolute Gasteiger partial charge is 0.258 e. The zero-order valence-corrected chi connectivity index (χ0v) is 11.5. The predicted octanol–water partition coefficient (Wildman–Crippen LogP) is 1.95. The molecular weight excluding hydrogens is 280 g/mol. The van der Waals surface area contributed by atoms with E-state index in [9.17, 15) is 18.5 Å². The molecule has 100 valence electrons. The van der Waals surface area contributed by atoms with Gasteiger partial charge in [-0.1, -0.05) is 6.92 Å². The molecule has 0 aliphatic rings. The molecule has 1 aromatic rings. The number of aromatic nitrogens is 1. The lowest BCUT2D eigenvalue weighted by atomic mass is 10.3. The zero-order valence-electron chi connectivity index (χ0n) is 9.96. The Balaban J connectivity index is 3.12. The van der Waals surface area contributed by atoms with E-state index in [1.54, 1.807) is 6.92 Å². The summed E-state index contributed by atoms with van der Waals surface area (Å²) in [7, 11) is -3.55. The van der Waals surface area contributed by atoms with Crippen LogP contribution in [0.1, 0.15) is 12.6 Å². The van der Waals surface area contributed by atoms with Crippen LogP contribution in [0, 0.1) is 23.0 Å². The van der Waals surface area contributed by atoms with Gasteiger partial charge < -0.3 is 0 Å². The predicted molar refractivity (Wildman–Crippen MR) is 67.6 cm³/mol. The van der Waals surface area contributed by atoms with E-state index in [4.69, 9.17) is 11.6 Å². The highest BCUT2D eigenvalue weighted by atomic mass is 35.5. The van der Waals surface area contributed by atoms with Crippen LogP contribution in [-0.4, -0.2) is 30.0 Å². The van der Waals surface area contributed by atoms with Gasteiger partial charge in [0.25, 0.3) is 5.69 Å². The number of nitrogens with zero attached hydrogens (tertiary/aromatic N) is 2. The van der Waals surface area contributed by atoms with E-state index in [1.165, 1.54) is 6.92 Å². The molecule has 0 saturated heterocycles. The fraction of sp³-hybridized carbons (Fsp3) is 0.500. The number of pyridine rings is 1. The number of nitro groups is 1. The average Bonchev–Trinajstić information content (AvgIpc) is 2.27. The van der Waals surface area contributed by atoms with Crippen molar-refractivity contribution >= 4 is 27.1 Å². The van der Waals surface area contributed by atoms with Crippen molar-refractivity contribution < 1.29 is 13.3 Å². The van der Waals surface area contributed by atoms with Crippen molar-refractivity contribution in [2.45, 2.75) is 18.9 Å². The van der Waals surface area contributed by atoms with Crippen molar-refractivity contribution in [1.82, 2.24) is 4.98 Å². The Kier molecular flexibility index (Phi) is 4.64. The lowest BCUT2D eigenvalue weighted by Crippen LogP contribution is -2.16. The summed E-state index contributed by atoms with van der Waals surface area (Å²) in [5.74, 6) is -0.0969. The summed E-state index contributed by atoms with van der Waals surface area (Å²) in [5.41, 5.74) is -0.112. The molecule has 1 unspecified atom stereocenters. The second kappa shape index (κ2) is 5.62. The lowest BCUT2D eigenvalue weighted by molar-refractivity contribution is -0.385. The Bertz CT molecular complexity index is 559. The van der Waals surface area contributed by atoms with Crippen LogP contribution in [0.15, 0.2) is 17.2 Å². The Labute approximate surface area is 110 Å². The van der Waals surface area contributed by atoms with E-state index >= 15 is 0 Å². The number of hydrogen-bond acceptors (Lipinski definition) is 5. The Hall–Kier alpha value is -1.21. The molecule has 1 rings (SSSR count). The summed E-state index contributed by atoms with van der Waals surface area (Å²) in [5, 5.41) is 10.5. The molecule has 0 N–H and O–H groups in total. The summed E-state index contributed by atoms with van der Waals surface area (Å²) in [4.78, 5) is 13.8. The van der Waals surface area contributed by atoms with E-state index in [-0.39, 0.29) is 34.0 Å². The molecule has 0 aromatic carbocycles. The first kappa shape index (κ1) is 14.8. The summed E-state index contributed by atoms with van der Waals surface area (Å²) in [6, 6.07) is 2.31. The summed E-state index contributed by atoms with van der Waals surface area (Å²) >= 11 is 5.57. The molecule has 0 amide bonds. The van der Waals surface area contributed by atoms with Crippen LogP contribution in [0.4, 0.5) is 5.69 Å². The zero-order chi connectivity index (χ0) is 13.9. The molecule has 1 heterocycles. The van der Waals surface area contributed by atoms with E-state index in [1.807, 2.05) is 0 Å². The molecule has 1 atom stereocenters. The van der Waals surface area contributed by atoms with Crippen LogP contribution in [0.3, 0.4) is 0 Å². The minimum absolute atomic E-state index is 0.0830. The third kappa shape index (κ3) is 3.39. The van der Waals surface area contributed by atoms with Gasteiger partial charge >= 0.3 is 0 Å². The van der Waals surface area contributed by atoms with Crippen molar-refractivity contribution in [1.29, 1.82) is 0 Å². The molecule has 0 saturated carbocycles. The van der Waals surface area contributed by atoms with Gasteiger partial charge in [-0.15, -0.1) is 11.6 Å². The van der Waals surface area contributed by atoms with Crippen molar-refractivity contribution in [2.24, 2.45) is 5.92 Å². The van der Waals surface area contributed by atoms with Crippen LogP contribution in [-0.2, 0) is 9.84 Å². The summed E-state index contributed by atoms with van der Waals surface area (Å²) < 4.78 is 23.9. The lowest BCUT2D eigenvalue weighted by Gasteiger charge is -2.08. The molecule has 1 aromatic heterocycles. The normalized spacial score (nSPS) is 13.3. The monoisotopic (exact) mass is 292 g/mol. The van der Waals surface area contributed by atoms with E-state index in [0.717, 1.165) is 12.1 Å². The molecule has 0 radical (unpaired) electrons. The molecule has 18 heavy (non-hydrogen) atoms. The van der Waals surface area contributed by atoms with Gasteiger partial charge in [-0.2, -0.15) is 0 Å². The summed E-state index contributed by atoms with van der Waals surface area (Å²) in [6.07, 6.45) is 0. The fourth-order valence-corrected chi connectivity index (χ4v) is 3.23. The Morgan fingerprint density at radius 2 is 2.11 bits per heavy atom. The molecule has 0 spiro atoms. The largest absolute Gasteiger partial charge is 0.290 e. The van der Waals surface area contributed by atoms with Crippen molar-refractivity contribution in [3.63, 3.8) is 0 Å². The van der Waals surface area contributed by atoms with Gasteiger partial charge in [0.05, 0.1) is 10.7 Å². The Morgan fingerprint density at radius 3 is 2.56 bits per heavy atom. The van der Waals surface area contributed by atoms with Crippen molar-refractivity contribution in [3.05, 3.63) is 27.9 Å². The number of aryl methyl sites for hydroxylation is 1. The third-order valence-corrected chi connectivity index (χ3v) is 4.71. The van der Waals surface area contributed by atoms with Crippen LogP contribution < -0.4 is 0 Å². The first-order valence-corrected chi connectivity index (χ1v) is 7.37. The van der Waals surface area contributed by atoms with Gasteiger partial charge in [-0.3, -0.25) is 10.1 Å². The van der Waals surface area contributed by atoms with Gasteiger partial charge in [-0.05, 0) is 18.9 Å². The van der Waals surface area contributed by atoms with Crippen molar-refractivity contribution in [3.8, 4) is 0 Å². The maximum atomic E-state index is 11.9. The molecule has 0 aliphatic heterocycles. The van der Waals surface area contributed by atoms with Gasteiger partial charge in [0, 0.05) is 11.9 Å². The SMILES string of the molecule is Cc1nc(S(=O)(=O)CC(C)CCl)ccc1[N+](=O)[O-]. The molecule has 0 fully saturated rings. The minimum atomic E-state index is -3.55. The van der Waals surface area contributed by atoms with E-state index in [0.29, 0.717) is 0 Å². The highest BCUT2D eigenvalue weighted by Gasteiger charge is 2.22. The van der Waals surface area contributed by atoms with Crippen molar-refractivity contribution in [2.75, 3.05) is 11.6 Å². The fourth-order valence-electron chi connectivity index (χ4n) is 1.40. The number of halogens is 1. The highest BCUT2D eigenvalue weighted by molar-refractivity contribution is 7.91. The van der Waals surface area contributed by atoms with E-state index < -0.39 is 14.8 Å². The molecular formula is C10H13ClN2O4S. The van der Waals surface area contributed by atoms with Gasteiger partial charge in [0.15, 0.2) is 14.9 Å². The second-order valence-corrected chi connectivity index (χ2v) is 6.34. The molecule has 6 nitrogen and oxygen atoms in total. The third-order valence-electron chi connectivity index (χ3n) is 2.32. The Morgan fingerprint density at radius 1 is 1.50 bits per heavy atom. The maximum absolute atomic E-state index is 11.9. The van der Waals surface area contributed by atoms with Gasteiger partial charge in [0.1, 0.15) is 5.69 Å². The first-order valence-electron chi connectivity index (χ1n) is 5.18. The number of alkyl halides is 1. The first-order chi connectivity index (χ1) is 8.27. The average molecular weight is 293 g/mol. The topological polar surface area (TPSA) is 90.2 Å². The van der Waals surface area contributed by atoms with Crippen LogP contribution in [0.2, 0.25) is 0 Å². The maximum Gasteiger partial charge on any atom is 0.290 e. The summed E-state index contributed by atoms with van der Waals surface area (Å²) in [6.45, 7) is 3.12. The minimum Gasteiger partial charge on any atom is -0.258 e. The molecule has 0 aliphatic carbocycles. The van der Waals surface area contributed by atoms with Crippen LogP contribution in [0.25, 0.3) is 0 Å². The number of rotatable bonds is 5. The molecule has 0 bridgehead atoms. The van der Waals surface area contributed by atoms with Gasteiger partial charge in [-0.25, -0.2) is 13.4 Å². The molecule has 8 heteroatoms. The van der Waals surface area contributed by atoms with Crippen LogP contribution in [0.5, 0.6) is 0 Å². The number of hydrogen-bond donors (Lipinski definition) is 0. The number of sulfone groups is 1. The second-order valence-electron chi connectivity index (χ2n) is 4.05. The van der Waals surface area contributed by atoms with E-state index in [2.05, 4.69) is 4.98 Å².